The molecule has 0 heterocycles. The van der Waals surface area contributed by atoms with Gasteiger partial charge in [-0.2, -0.15) is 0 Å². The fourth-order valence-corrected chi connectivity index (χ4v) is 3.83. The van der Waals surface area contributed by atoms with Gasteiger partial charge in [0.25, 0.3) is 0 Å². The molecule has 7 nitrogen and oxygen atoms in total. The van der Waals surface area contributed by atoms with Crippen LogP contribution in [-0.4, -0.2) is 42.3 Å². The van der Waals surface area contributed by atoms with E-state index in [4.69, 9.17) is 9.84 Å². The van der Waals surface area contributed by atoms with Crippen LogP contribution in [0.4, 0.5) is 4.79 Å². The van der Waals surface area contributed by atoms with Crippen LogP contribution in [0.3, 0.4) is 0 Å². The Morgan fingerprint density at radius 1 is 1.03 bits per heavy atom. The molecule has 2 amide bonds. The van der Waals surface area contributed by atoms with Crippen molar-refractivity contribution in [3.8, 4) is 11.1 Å². The van der Waals surface area contributed by atoms with Crippen LogP contribution in [0.5, 0.6) is 0 Å². The number of hydrogen-bond acceptors (Lipinski definition) is 4. The molecule has 0 spiro atoms. The van der Waals surface area contributed by atoms with Gasteiger partial charge in [0.15, 0.2) is 0 Å². The lowest BCUT2D eigenvalue weighted by Crippen LogP contribution is -2.47. The lowest BCUT2D eigenvalue weighted by atomic mass is 9.98. The lowest BCUT2D eigenvalue weighted by molar-refractivity contribution is -0.137. The maximum atomic E-state index is 12.5. The summed E-state index contributed by atoms with van der Waals surface area (Å²) >= 11 is 0. The fraction of sp³-hybridized carbons (Fsp3) is 0.375. The van der Waals surface area contributed by atoms with Gasteiger partial charge in [0.05, 0.1) is 0 Å². The molecule has 0 fully saturated rings. The first kappa shape index (κ1) is 22.3. The molecule has 0 saturated heterocycles. The number of amides is 2. The molecule has 2 aromatic carbocycles. The summed E-state index contributed by atoms with van der Waals surface area (Å²) in [5.41, 5.74) is 4.44. The third-order valence-electron chi connectivity index (χ3n) is 5.43. The van der Waals surface area contributed by atoms with E-state index in [1.807, 2.05) is 43.3 Å². The number of carboxylic acid groups (broad SMARTS) is 1. The van der Waals surface area contributed by atoms with Crippen molar-refractivity contribution >= 4 is 18.0 Å². The summed E-state index contributed by atoms with van der Waals surface area (Å²) in [7, 11) is 0. The summed E-state index contributed by atoms with van der Waals surface area (Å²) in [6, 6.07) is 15.1. The van der Waals surface area contributed by atoms with Gasteiger partial charge in [-0.15, -0.1) is 0 Å². The molecule has 1 atom stereocenters. The molecule has 0 unspecified atom stereocenters. The quantitative estimate of drug-likeness (QED) is 0.505. The van der Waals surface area contributed by atoms with Crippen molar-refractivity contribution in [2.45, 2.75) is 44.6 Å². The van der Waals surface area contributed by atoms with E-state index in [0.29, 0.717) is 6.54 Å². The van der Waals surface area contributed by atoms with E-state index >= 15 is 0 Å². The van der Waals surface area contributed by atoms with Crippen molar-refractivity contribution in [1.82, 2.24) is 10.6 Å². The fourth-order valence-electron chi connectivity index (χ4n) is 3.83. The van der Waals surface area contributed by atoms with Gasteiger partial charge in [0, 0.05) is 18.9 Å². The molecule has 1 aliphatic carbocycles. The van der Waals surface area contributed by atoms with Gasteiger partial charge in [-0.25, -0.2) is 4.79 Å². The highest BCUT2D eigenvalue weighted by molar-refractivity contribution is 5.86. The number of aliphatic carboxylic acids is 1. The third-order valence-corrected chi connectivity index (χ3v) is 5.43. The molecule has 0 aromatic heterocycles. The zero-order chi connectivity index (χ0) is 22.2. The highest BCUT2D eigenvalue weighted by atomic mass is 16.5. The molecule has 3 rings (SSSR count). The second-order valence-electron chi connectivity index (χ2n) is 7.60. The van der Waals surface area contributed by atoms with E-state index in [2.05, 4.69) is 22.8 Å². The molecular formula is C24H28N2O5. The lowest BCUT2D eigenvalue weighted by Gasteiger charge is -2.19. The summed E-state index contributed by atoms with van der Waals surface area (Å²) in [6.07, 6.45) is 0.762. The van der Waals surface area contributed by atoms with E-state index in [0.717, 1.165) is 35.1 Å². The van der Waals surface area contributed by atoms with E-state index in [1.165, 1.54) is 0 Å². The van der Waals surface area contributed by atoms with E-state index in [1.54, 1.807) is 0 Å². The van der Waals surface area contributed by atoms with Crippen LogP contribution in [0.2, 0.25) is 0 Å². The Balaban J connectivity index is 1.63. The second kappa shape index (κ2) is 10.6. The smallest absolute Gasteiger partial charge is 0.407 e. The molecule has 0 bridgehead atoms. The molecule has 0 radical (unpaired) electrons. The number of carbonyl (C=O) groups is 3. The summed E-state index contributed by atoms with van der Waals surface area (Å²) < 4.78 is 5.48. The SMILES string of the molecule is CCCCNC(=O)[C@H](CCC(=O)O)NC(=O)OCC1c2ccccc2-c2ccccc21. The van der Waals surface area contributed by atoms with Crippen LogP contribution >= 0.6 is 0 Å². The van der Waals surface area contributed by atoms with Crippen molar-refractivity contribution < 1.29 is 24.2 Å². The van der Waals surface area contributed by atoms with E-state index in [9.17, 15) is 14.4 Å². The number of rotatable bonds is 10. The van der Waals surface area contributed by atoms with Gasteiger partial charge < -0.3 is 20.5 Å². The maximum absolute atomic E-state index is 12.5. The Hall–Kier alpha value is -3.35. The van der Waals surface area contributed by atoms with Crippen molar-refractivity contribution in [3.63, 3.8) is 0 Å². The first-order valence-electron chi connectivity index (χ1n) is 10.6. The first-order valence-corrected chi connectivity index (χ1v) is 10.6. The van der Waals surface area contributed by atoms with Crippen LogP contribution in [-0.2, 0) is 14.3 Å². The number of hydrogen-bond donors (Lipinski definition) is 3. The van der Waals surface area contributed by atoms with Gasteiger partial charge in [-0.1, -0.05) is 61.9 Å². The van der Waals surface area contributed by atoms with Crippen molar-refractivity contribution in [1.29, 1.82) is 0 Å². The summed E-state index contributed by atoms with van der Waals surface area (Å²) in [4.78, 5) is 35.8. The minimum Gasteiger partial charge on any atom is -0.481 e. The molecule has 3 N–H and O–H groups in total. The number of carbonyl (C=O) groups excluding carboxylic acids is 2. The highest BCUT2D eigenvalue weighted by Crippen LogP contribution is 2.44. The van der Waals surface area contributed by atoms with Crippen molar-refractivity contribution in [2.75, 3.05) is 13.2 Å². The predicted octanol–water partition coefficient (Wildman–Crippen LogP) is 3.67. The van der Waals surface area contributed by atoms with Crippen LogP contribution in [0.25, 0.3) is 11.1 Å². The Bertz CT molecular complexity index is 898. The number of fused-ring (bicyclic) bond motifs is 3. The number of unbranched alkanes of at least 4 members (excludes halogenated alkanes) is 1. The molecule has 2 aromatic rings. The molecule has 1 aliphatic rings. The number of ether oxygens (including phenoxy) is 1. The zero-order valence-electron chi connectivity index (χ0n) is 17.6. The zero-order valence-corrected chi connectivity index (χ0v) is 17.6. The van der Waals surface area contributed by atoms with Gasteiger partial charge in [-0.3, -0.25) is 9.59 Å². The minimum atomic E-state index is -1.03. The Labute approximate surface area is 181 Å². The predicted molar refractivity (Wildman–Crippen MR) is 117 cm³/mol. The maximum Gasteiger partial charge on any atom is 0.407 e. The number of benzene rings is 2. The average Bonchev–Trinajstić information content (AvgIpc) is 3.09. The molecule has 0 aliphatic heterocycles. The molecular weight excluding hydrogens is 396 g/mol. The number of alkyl carbamates (subject to hydrolysis) is 1. The standard InChI is InChI=1S/C24H28N2O5/c1-2-3-14-25-23(29)21(12-13-22(27)28)26-24(30)31-15-20-18-10-6-4-8-16(18)17-9-5-7-11-19(17)20/h4-11,20-21H,2-3,12-15H2,1H3,(H,25,29)(H,26,30)(H,27,28)/t21-/m0/s1. The summed E-state index contributed by atoms with van der Waals surface area (Å²) in [5.74, 6) is -1.52. The van der Waals surface area contributed by atoms with E-state index in [-0.39, 0.29) is 25.4 Å². The Kier molecular flexibility index (Phi) is 7.65. The van der Waals surface area contributed by atoms with Crippen molar-refractivity contribution in [2.24, 2.45) is 0 Å². The van der Waals surface area contributed by atoms with Gasteiger partial charge >= 0.3 is 12.1 Å². The minimum absolute atomic E-state index is 0.00249. The largest absolute Gasteiger partial charge is 0.481 e. The van der Waals surface area contributed by atoms with Crippen molar-refractivity contribution in [3.05, 3.63) is 59.7 Å². The van der Waals surface area contributed by atoms with Crippen LogP contribution in [0, 0.1) is 0 Å². The van der Waals surface area contributed by atoms with Crippen LogP contribution in [0.15, 0.2) is 48.5 Å². The van der Waals surface area contributed by atoms with E-state index < -0.39 is 24.0 Å². The first-order chi connectivity index (χ1) is 15.0. The number of nitrogens with one attached hydrogen (secondary N) is 2. The van der Waals surface area contributed by atoms with Gasteiger partial charge in [0.2, 0.25) is 5.91 Å². The van der Waals surface area contributed by atoms with Crippen LogP contribution < -0.4 is 10.6 Å². The molecule has 164 valence electrons. The summed E-state index contributed by atoms with van der Waals surface area (Å²) in [5, 5.41) is 14.2. The average molecular weight is 424 g/mol. The van der Waals surface area contributed by atoms with Gasteiger partial charge in [-0.05, 0) is 35.1 Å². The topological polar surface area (TPSA) is 105 Å². The number of carboxylic acids is 1. The highest BCUT2D eigenvalue weighted by Gasteiger charge is 2.29. The second-order valence-corrected chi connectivity index (χ2v) is 7.60. The molecule has 7 heteroatoms. The van der Waals surface area contributed by atoms with Crippen LogP contribution in [0.1, 0.15) is 49.7 Å². The monoisotopic (exact) mass is 424 g/mol. The normalized spacial score (nSPS) is 13.1. The van der Waals surface area contributed by atoms with Gasteiger partial charge in [0.1, 0.15) is 12.6 Å². The Morgan fingerprint density at radius 2 is 1.65 bits per heavy atom. The third kappa shape index (κ3) is 5.63. The summed E-state index contributed by atoms with van der Waals surface area (Å²) in [6.45, 7) is 2.61. The molecule has 0 saturated carbocycles. The Morgan fingerprint density at radius 3 is 2.23 bits per heavy atom. The molecule has 31 heavy (non-hydrogen) atoms.